The van der Waals surface area contributed by atoms with Crippen LogP contribution < -0.4 is 5.32 Å². The fourth-order valence-corrected chi connectivity index (χ4v) is 5.20. The number of benzene rings is 1. The first-order valence-corrected chi connectivity index (χ1v) is 14.0. The zero-order valence-electron chi connectivity index (χ0n) is 23.8. The molecule has 1 aromatic carbocycles. The van der Waals surface area contributed by atoms with E-state index in [1.165, 1.54) is 0 Å². The van der Waals surface area contributed by atoms with Gasteiger partial charge in [0.25, 0.3) is 0 Å². The van der Waals surface area contributed by atoms with Crippen molar-refractivity contribution in [3.8, 4) is 11.4 Å². The molecule has 1 N–H and O–H groups in total. The van der Waals surface area contributed by atoms with Crippen molar-refractivity contribution in [2.45, 2.75) is 52.4 Å². The Labute approximate surface area is 241 Å². The van der Waals surface area contributed by atoms with Crippen molar-refractivity contribution in [1.29, 1.82) is 0 Å². The van der Waals surface area contributed by atoms with Crippen molar-refractivity contribution in [2.24, 2.45) is 4.99 Å². The maximum absolute atomic E-state index is 4.95. The van der Waals surface area contributed by atoms with E-state index >= 15 is 0 Å². The molecule has 7 heteroatoms. The lowest BCUT2D eigenvalue weighted by molar-refractivity contribution is 0.749. The molecule has 0 spiro atoms. The number of hydrogen-bond donors (Lipinski definition) is 1. The number of amidine groups is 1. The van der Waals surface area contributed by atoms with E-state index < -0.39 is 0 Å². The van der Waals surface area contributed by atoms with Gasteiger partial charge in [-0.25, -0.2) is 29.9 Å². The summed E-state index contributed by atoms with van der Waals surface area (Å²) in [7, 11) is 0. The van der Waals surface area contributed by atoms with E-state index in [9.17, 15) is 0 Å². The van der Waals surface area contributed by atoms with Crippen molar-refractivity contribution in [3.63, 3.8) is 0 Å². The molecule has 0 amide bonds. The zero-order valence-corrected chi connectivity index (χ0v) is 23.8. The first kappa shape index (κ1) is 26.4. The number of allylic oxidation sites excluding steroid dienone is 11. The molecule has 0 bridgehead atoms. The smallest absolute Gasteiger partial charge is 0.163 e. The molecule has 3 heterocycles. The third-order valence-electron chi connectivity index (χ3n) is 7.23. The van der Waals surface area contributed by atoms with Gasteiger partial charge in [0, 0.05) is 51.8 Å². The number of nitrogens with zero attached hydrogens (tertiary/aromatic N) is 6. The number of hydrogen-bond acceptors (Lipinski definition) is 7. The number of aliphatic imine (C=N–C) groups is 1. The molecule has 41 heavy (non-hydrogen) atoms. The Kier molecular flexibility index (Phi) is 7.33. The maximum Gasteiger partial charge on any atom is 0.163 e. The summed E-state index contributed by atoms with van der Waals surface area (Å²) in [6, 6.07) is 10.2. The molecule has 2 atom stereocenters. The fourth-order valence-electron chi connectivity index (χ4n) is 5.20. The van der Waals surface area contributed by atoms with Crippen LogP contribution in [0.5, 0.6) is 0 Å². The first-order chi connectivity index (χ1) is 19.9. The van der Waals surface area contributed by atoms with Crippen LogP contribution in [0.1, 0.15) is 72.9 Å². The van der Waals surface area contributed by atoms with Gasteiger partial charge in [-0.3, -0.25) is 0 Å². The van der Waals surface area contributed by atoms with Crippen molar-refractivity contribution in [2.75, 3.05) is 0 Å². The summed E-state index contributed by atoms with van der Waals surface area (Å²) in [5, 5.41) is 3.32. The first-order valence-electron chi connectivity index (χ1n) is 14.0. The molecule has 2 aromatic heterocycles. The van der Waals surface area contributed by atoms with Gasteiger partial charge in [-0.05, 0) is 58.3 Å². The Morgan fingerprint density at radius 2 is 1.44 bits per heavy atom. The summed E-state index contributed by atoms with van der Waals surface area (Å²) < 4.78 is 0. The van der Waals surface area contributed by atoms with E-state index in [1.54, 1.807) is 0 Å². The van der Waals surface area contributed by atoms with Crippen molar-refractivity contribution in [3.05, 3.63) is 131 Å². The van der Waals surface area contributed by atoms with Crippen LogP contribution in [0.3, 0.4) is 0 Å². The van der Waals surface area contributed by atoms with E-state index in [1.807, 2.05) is 33.0 Å². The third-order valence-corrected chi connectivity index (χ3v) is 7.23. The normalized spacial score (nSPS) is 20.0. The molecular weight excluding hydrogens is 506 g/mol. The van der Waals surface area contributed by atoms with Crippen molar-refractivity contribution >= 4 is 11.4 Å². The van der Waals surface area contributed by atoms with Gasteiger partial charge >= 0.3 is 0 Å². The molecule has 2 aliphatic carbocycles. The van der Waals surface area contributed by atoms with E-state index in [-0.39, 0.29) is 11.8 Å². The van der Waals surface area contributed by atoms with Crippen LogP contribution in [0, 0.1) is 13.8 Å². The average molecular weight is 540 g/mol. The summed E-state index contributed by atoms with van der Waals surface area (Å²) in [6.07, 6.45) is 20.6. The number of aryl methyl sites for hydroxylation is 2. The average Bonchev–Trinajstić information content (AvgIpc) is 3.16. The molecule has 7 nitrogen and oxygen atoms in total. The Balaban J connectivity index is 1.32. The fraction of sp³-hybridized carbons (Fsp3) is 0.235. The molecule has 0 fully saturated rings. The highest BCUT2D eigenvalue weighted by Gasteiger charge is 2.21. The third kappa shape index (κ3) is 6.04. The summed E-state index contributed by atoms with van der Waals surface area (Å²) in [5.41, 5.74) is 7.00. The molecule has 1 aliphatic heterocycles. The number of nitrogens with one attached hydrogen (secondary N) is 1. The predicted octanol–water partition coefficient (Wildman–Crippen LogP) is 6.83. The topological polar surface area (TPSA) is 88.8 Å². The molecule has 3 aliphatic rings. The highest BCUT2D eigenvalue weighted by atomic mass is 15.0. The minimum atomic E-state index is 0.110. The largest absolute Gasteiger partial charge is 0.346 e. The molecular formula is C34H33N7. The van der Waals surface area contributed by atoms with Crippen molar-refractivity contribution < 1.29 is 0 Å². The molecule has 204 valence electrons. The Hall–Kier alpha value is -4.78. The molecule has 6 rings (SSSR count). The van der Waals surface area contributed by atoms with Crippen LogP contribution >= 0.6 is 0 Å². The molecule has 0 saturated carbocycles. The van der Waals surface area contributed by atoms with Crippen LogP contribution in [0.4, 0.5) is 0 Å². The molecule has 0 saturated heterocycles. The van der Waals surface area contributed by atoms with Crippen LogP contribution in [-0.2, 0) is 0 Å². The van der Waals surface area contributed by atoms with Gasteiger partial charge in [0.2, 0.25) is 0 Å². The lowest BCUT2D eigenvalue weighted by atomic mass is 9.95. The lowest BCUT2D eigenvalue weighted by Gasteiger charge is -2.17. The van der Waals surface area contributed by atoms with E-state index in [0.29, 0.717) is 11.6 Å². The van der Waals surface area contributed by atoms with Gasteiger partial charge in [0.1, 0.15) is 17.5 Å². The second-order valence-electron chi connectivity index (χ2n) is 10.7. The molecule has 3 aromatic rings. The number of rotatable bonds is 5. The van der Waals surface area contributed by atoms with Crippen LogP contribution in [0.2, 0.25) is 0 Å². The quantitative estimate of drug-likeness (QED) is 0.382. The molecule has 0 radical (unpaired) electrons. The lowest BCUT2D eigenvalue weighted by Crippen LogP contribution is -2.18. The van der Waals surface area contributed by atoms with Gasteiger partial charge in [-0.15, -0.1) is 0 Å². The van der Waals surface area contributed by atoms with E-state index in [2.05, 4.69) is 95.1 Å². The summed E-state index contributed by atoms with van der Waals surface area (Å²) >= 11 is 0. The predicted molar refractivity (Wildman–Crippen MR) is 164 cm³/mol. The standard InChI is InChI=1S/C34H33N7/c1-21-18-22(2)36-30(35-20-21)26-10-12-28(13-11-26)33-39-32(25-8-6-5-7-9-25)40-34(41-33)29-16-14-27(15-17-29)31-37-23(3)19-24(4)38-31/h5-8,10-14,16-20,25,27H,9,15H2,1-4H3,(H,35,36). The summed E-state index contributed by atoms with van der Waals surface area (Å²) in [4.78, 5) is 28.9. The van der Waals surface area contributed by atoms with Gasteiger partial charge < -0.3 is 5.32 Å². The van der Waals surface area contributed by atoms with Gasteiger partial charge in [-0.2, -0.15) is 0 Å². The van der Waals surface area contributed by atoms with Gasteiger partial charge in [-0.1, -0.05) is 66.8 Å². The zero-order chi connectivity index (χ0) is 28.3. The monoisotopic (exact) mass is 539 g/mol. The highest BCUT2D eigenvalue weighted by molar-refractivity contribution is 6.00. The minimum absolute atomic E-state index is 0.110. The maximum atomic E-state index is 4.95. The Bertz CT molecular complexity index is 1680. The van der Waals surface area contributed by atoms with Crippen LogP contribution in [0.25, 0.3) is 17.0 Å². The summed E-state index contributed by atoms with van der Waals surface area (Å²) in [5.74, 6) is 4.04. The van der Waals surface area contributed by atoms with Gasteiger partial charge in [0.15, 0.2) is 11.6 Å². The van der Waals surface area contributed by atoms with Crippen molar-refractivity contribution in [1.82, 2.24) is 30.2 Å². The number of aromatic nitrogens is 5. The van der Waals surface area contributed by atoms with Crippen LogP contribution in [-0.4, -0.2) is 30.8 Å². The minimum Gasteiger partial charge on any atom is -0.346 e. The Morgan fingerprint density at radius 1 is 0.732 bits per heavy atom. The van der Waals surface area contributed by atoms with E-state index in [4.69, 9.17) is 19.9 Å². The Morgan fingerprint density at radius 3 is 2.15 bits per heavy atom. The molecule has 2 unspecified atom stereocenters. The second kappa shape index (κ2) is 11.4. The second-order valence-corrected chi connectivity index (χ2v) is 10.7. The van der Waals surface area contributed by atoms with E-state index in [0.717, 1.165) is 69.7 Å². The van der Waals surface area contributed by atoms with Gasteiger partial charge in [0.05, 0.1) is 0 Å². The SMILES string of the molecule is CC1=CNC(c2ccc(-c3nc(C4=CCC(c5nc(C)cc(C)n5)C=C4)nc(C4C=CC=CC4)n3)cc2)=NC(C)=C1. The summed E-state index contributed by atoms with van der Waals surface area (Å²) in [6.45, 7) is 8.09. The van der Waals surface area contributed by atoms with Crippen LogP contribution in [0.15, 0.2) is 101 Å². The highest BCUT2D eigenvalue weighted by Crippen LogP contribution is 2.31.